The second-order valence-electron chi connectivity index (χ2n) is 6.72. The Balaban J connectivity index is 1.46. The van der Waals surface area contributed by atoms with Crippen molar-refractivity contribution in [2.75, 3.05) is 26.7 Å². The van der Waals surface area contributed by atoms with Crippen LogP contribution in [0.15, 0.2) is 35.6 Å². The van der Waals surface area contributed by atoms with Crippen LogP contribution in [-0.2, 0) is 16.4 Å². The number of nitrogens with one attached hydrogen (secondary N) is 2. The van der Waals surface area contributed by atoms with Crippen LogP contribution in [0.3, 0.4) is 0 Å². The highest BCUT2D eigenvalue weighted by atomic mass is 32.2. The molecule has 0 amide bonds. The maximum atomic E-state index is 12.6. The normalized spacial score (nSPS) is 17.6. The Labute approximate surface area is 166 Å². The molecule has 0 spiro atoms. The number of sulfonamides is 1. The summed E-state index contributed by atoms with van der Waals surface area (Å²) in [6.45, 7) is 0.209. The molecular formula is C17H23F3N6O2S. The molecule has 0 saturated carbocycles. The van der Waals surface area contributed by atoms with Crippen LogP contribution in [0.5, 0.6) is 0 Å². The van der Waals surface area contributed by atoms with Gasteiger partial charge in [0.25, 0.3) is 0 Å². The third-order valence-electron chi connectivity index (χ3n) is 4.74. The van der Waals surface area contributed by atoms with Gasteiger partial charge >= 0.3 is 15.5 Å². The number of pyridine rings is 1. The molecule has 0 aromatic carbocycles. The smallest absolute Gasteiger partial charge is 0.356 e. The van der Waals surface area contributed by atoms with E-state index in [1.807, 2.05) is 35.0 Å². The van der Waals surface area contributed by atoms with Crippen molar-refractivity contribution >= 4 is 21.6 Å². The monoisotopic (exact) mass is 432 g/mol. The van der Waals surface area contributed by atoms with E-state index in [1.165, 1.54) is 0 Å². The highest BCUT2D eigenvalue weighted by Gasteiger charge is 2.50. The number of aliphatic imine (C=N–C) groups is 1. The lowest BCUT2D eigenvalue weighted by Gasteiger charge is -2.32. The molecule has 1 aliphatic rings. The molecular weight excluding hydrogens is 409 g/mol. The van der Waals surface area contributed by atoms with Crippen LogP contribution in [0, 0.1) is 0 Å². The summed E-state index contributed by atoms with van der Waals surface area (Å²) < 4.78 is 63.3. The van der Waals surface area contributed by atoms with E-state index in [0.717, 1.165) is 11.3 Å². The Kier molecular flexibility index (Phi) is 6.32. The minimum Gasteiger partial charge on any atom is -0.356 e. The lowest BCUT2D eigenvalue weighted by molar-refractivity contribution is -0.0494. The zero-order chi connectivity index (χ0) is 21.1. The Bertz CT molecular complexity index is 932. The number of piperidine rings is 1. The molecule has 3 heterocycles. The predicted octanol–water partition coefficient (Wildman–Crippen LogP) is 1.36. The zero-order valence-electron chi connectivity index (χ0n) is 15.9. The summed E-state index contributed by atoms with van der Waals surface area (Å²) in [5, 5.41) is 6.29. The quantitative estimate of drug-likeness (QED) is 0.550. The number of aromatic nitrogens is 2. The first kappa shape index (κ1) is 21.4. The van der Waals surface area contributed by atoms with Crippen molar-refractivity contribution in [3.05, 3.63) is 36.3 Å². The first-order chi connectivity index (χ1) is 13.7. The molecule has 12 heteroatoms. The molecule has 0 radical (unpaired) electrons. The average Bonchev–Trinajstić information content (AvgIpc) is 3.09. The molecule has 2 N–H and O–H groups in total. The molecule has 0 aliphatic carbocycles. The van der Waals surface area contributed by atoms with Gasteiger partial charge in [-0.3, -0.25) is 4.99 Å². The molecule has 0 atom stereocenters. The summed E-state index contributed by atoms with van der Waals surface area (Å²) in [7, 11) is -3.66. The van der Waals surface area contributed by atoms with E-state index in [0.29, 0.717) is 23.2 Å². The van der Waals surface area contributed by atoms with Gasteiger partial charge in [0.15, 0.2) is 5.96 Å². The number of nitrogens with zero attached hydrogens (tertiary/aromatic N) is 4. The topological polar surface area (TPSA) is 91.1 Å². The molecule has 2 aromatic heterocycles. The van der Waals surface area contributed by atoms with E-state index in [-0.39, 0.29) is 32.0 Å². The molecule has 0 unspecified atom stereocenters. The molecule has 160 valence electrons. The van der Waals surface area contributed by atoms with Crippen molar-refractivity contribution < 1.29 is 21.6 Å². The van der Waals surface area contributed by atoms with Crippen molar-refractivity contribution in [1.82, 2.24) is 24.3 Å². The maximum Gasteiger partial charge on any atom is 0.511 e. The van der Waals surface area contributed by atoms with E-state index in [9.17, 15) is 21.6 Å². The minimum absolute atomic E-state index is 0.156. The Morgan fingerprint density at radius 2 is 2.03 bits per heavy atom. The minimum atomic E-state index is -5.26. The van der Waals surface area contributed by atoms with E-state index < -0.39 is 15.5 Å². The van der Waals surface area contributed by atoms with Gasteiger partial charge in [0, 0.05) is 51.5 Å². The maximum absolute atomic E-state index is 12.6. The molecule has 3 rings (SSSR count). The molecule has 8 nitrogen and oxygen atoms in total. The lowest BCUT2D eigenvalue weighted by Crippen LogP contribution is -2.51. The summed E-state index contributed by atoms with van der Waals surface area (Å²) in [4.78, 5) is 8.63. The fraction of sp³-hybridized carbons (Fsp3) is 0.529. The molecule has 1 fully saturated rings. The third kappa shape index (κ3) is 4.99. The largest absolute Gasteiger partial charge is 0.511 e. The van der Waals surface area contributed by atoms with Crippen molar-refractivity contribution in [3.8, 4) is 0 Å². The molecule has 1 aliphatic heterocycles. The fourth-order valence-corrected chi connectivity index (χ4v) is 4.18. The number of imidazole rings is 1. The Morgan fingerprint density at radius 1 is 1.31 bits per heavy atom. The van der Waals surface area contributed by atoms with Crippen molar-refractivity contribution in [2.24, 2.45) is 4.99 Å². The molecule has 29 heavy (non-hydrogen) atoms. The van der Waals surface area contributed by atoms with Gasteiger partial charge in [-0.25, -0.2) is 13.4 Å². The standard InChI is InChI=1S/C17H23F3N6O2S/c1-21-16(22-8-5-14-12-25-9-3-2-4-15(25)23-14)24-13-6-10-26(11-7-13)29(27,28)17(18,19)20/h2-4,9,12-13H,5-8,10-11H2,1H3,(H2,21,22,24). The number of hydrogen-bond donors (Lipinski definition) is 2. The zero-order valence-corrected chi connectivity index (χ0v) is 16.7. The fourth-order valence-electron chi connectivity index (χ4n) is 3.19. The van der Waals surface area contributed by atoms with Crippen LogP contribution in [0.4, 0.5) is 13.2 Å². The Morgan fingerprint density at radius 3 is 2.66 bits per heavy atom. The molecule has 1 saturated heterocycles. The summed E-state index contributed by atoms with van der Waals surface area (Å²) in [5.74, 6) is 0.519. The third-order valence-corrected chi connectivity index (χ3v) is 6.37. The van der Waals surface area contributed by atoms with Gasteiger partial charge in [0.1, 0.15) is 5.65 Å². The van der Waals surface area contributed by atoms with Gasteiger partial charge in [0.05, 0.1) is 5.69 Å². The number of halogens is 3. The second kappa shape index (κ2) is 8.57. The Hall–Kier alpha value is -2.34. The van der Waals surface area contributed by atoms with E-state index >= 15 is 0 Å². The number of guanidine groups is 1. The molecule has 0 bridgehead atoms. The van der Waals surface area contributed by atoms with Crippen LogP contribution < -0.4 is 10.6 Å². The van der Waals surface area contributed by atoms with Crippen molar-refractivity contribution in [2.45, 2.75) is 30.8 Å². The molecule has 2 aromatic rings. The van der Waals surface area contributed by atoms with Crippen molar-refractivity contribution in [3.63, 3.8) is 0 Å². The SMILES string of the molecule is CN=C(NCCc1cn2ccccc2n1)NC1CCN(S(=O)(=O)C(F)(F)F)CC1. The summed E-state index contributed by atoms with van der Waals surface area (Å²) in [5.41, 5.74) is -3.47. The van der Waals surface area contributed by atoms with E-state index in [4.69, 9.17) is 0 Å². The summed E-state index contributed by atoms with van der Waals surface area (Å²) in [6, 6.07) is 5.61. The number of rotatable bonds is 5. The predicted molar refractivity (Wildman–Crippen MR) is 103 cm³/mol. The number of alkyl halides is 3. The van der Waals surface area contributed by atoms with Gasteiger partial charge in [-0.2, -0.15) is 17.5 Å². The highest BCUT2D eigenvalue weighted by molar-refractivity contribution is 7.90. The summed E-state index contributed by atoms with van der Waals surface area (Å²) in [6.07, 6.45) is 5.07. The summed E-state index contributed by atoms with van der Waals surface area (Å²) >= 11 is 0. The van der Waals surface area contributed by atoms with Gasteiger partial charge in [-0.15, -0.1) is 0 Å². The van der Waals surface area contributed by atoms with Gasteiger partial charge in [0.2, 0.25) is 0 Å². The van der Waals surface area contributed by atoms with E-state index in [2.05, 4.69) is 20.6 Å². The number of fused-ring (bicyclic) bond motifs is 1. The van der Waals surface area contributed by atoms with Gasteiger partial charge in [-0.1, -0.05) is 6.07 Å². The lowest BCUT2D eigenvalue weighted by atomic mass is 10.1. The van der Waals surface area contributed by atoms with Crippen LogP contribution in [0.25, 0.3) is 5.65 Å². The van der Waals surface area contributed by atoms with Crippen molar-refractivity contribution in [1.29, 1.82) is 0 Å². The van der Waals surface area contributed by atoms with Crippen LogP contribution in [-0.4, -0.2) is 66.3 Å². The highest BCUT2D eigenvalue weighted by Crippen LogP contribution is 2.28. The van der Waals surface area contributed by atoms with Crippen LogP contribution in [0.2, 0.25) is 0 Å². The first-order valence-electron chi connectivity index (χ1n) is 9.17. The van der Waals surface area contributed by atoms with Gasteiger partial charge < -0.3 is 15.0 Å². The first-order valence-corrected chi connectivity index (χ1v) is 10.6. The van der Waals surface area contributed by atoms with E-state index in [1.54, 1.807) is 7.05 Å². The second-order valence-corrected chi connectivity index (χ2v) is 8.65. The van der Waals surface area contributed by atoms with Crippen LogP contribution >= 0.6 is 0 Å². The average molecular weight is 432 g/mol. The van der Waals surface area contributed by atoms with Crippen LogP contribution in [0.1, 0.15) is 18.5 Å². The number of hydrogen-bond acceptors (Lipinski definition) is 4. The van der Waals surface area contributed by atoms with Gasteiger partial charge in [-0.05, 0) is 25.0 Å².